The lowest BCUT2D eigenvalue weighted by atomic mass is 10.1. The average Bonchev–Trinajstić information content (AvgIpc) is 2.60. The maximum Gasteiger partial charge on any atom is 0.246 e. The molecule has 2 saturated heterocycles. The lowest BCUT2D eigenvalue weighted by molar-refractivity contribution is -0.158. The number of H-pyrrole nitrogens is 1. The van der Waals surface area contributed by atoms with E-state index in [4.69, 9.17) is 0 Å². The first-order valence-corrected chi connectivity index (χ1v) is 8.50. The number of pyridine rings is 1. The normalized spacial score (nSPS) is 21.4. The van der Waals surface area contributed by atoms with Gasteiger partial charge in [-0.05, 0) is 18.2 Å². The maximum atomic E-state index is 13.3. The molecule has 0 spiro atoms. The molecular weight excluding hydrogens is 339 g/mol. The van der Waals surface area contributed by atoms with E-state index in [9.17, 15) is 18.8 Å². The highest BCUT2D eigenvalue weighted by Gasteiger charge is 2.41. The average molecular weight is 358 g/mol. The molecule has 2 aliphatic heterocycles. The summed E-state index contributed by atoms with van der Waals surface area (Å²) in [4.78, 5) is 45.0. The van der Waals surface area contributed by atoms with Crippen molar-refractivity contribution in [2.24, 2.45) is 0 Å². The summed E-state index contributed by atoms with van der Waals surface area (Å²) in [5.41, 5.74) is 1.04. The fourth-order valence-electron chi connectivity index (χ4n) is 3.72. The molecule has 7 nitrogen and oxygen atoms in total. The smallest absolute Gasteiger partial charge is 0.246 e. The Bertz CT molecular complexity index is 957. The molecule has 0 saturated carbocycles. The number of likely N-dealkylation sites (N-methyl/N-ethyl adjacent to an activating group) is 1. The van der Waals surface area contributed by atoms with Gasteiger partial charge in [-0.3, -0.25) is 19.3 Å². The standard InChI is InChI=1S/C18H19FN4O3/c1-21-10-17(25)23-5-4-22(9-15(23)18(21)26)8-12-7-16(24)13-6-11(19)2-3-14(13)20-12/h2-3,6-7,15H,4-5,8-10H2,1H3,(H,20,24). The van der Waals surface area contributed by atoms with Crippen molar-refractivity contribution in [3.63, 3.8) is 0 Å². The first-order valence-electron chi connectivity index (χ1n) is 8.50. The molecule has 8 heteroatoms. The number of carbonyl (C=O) groups is 2. The zero-order valence-corrected chi connectivity index (χ0v) is 14.4. The minimum absolute atomic E-state index is 0.0297. The zero-order valence-electron chi connectivity index (χ0n) is 14.4. The van der Waals surface area contributed by atoms with Crippen LogP contribution in [0, 0.1) is 5.82 Å². The van der Waals surface area contributed by atoms with E-state index < -0.39 is 11.9 Å². The van der Waals surface area contributed by atoms with Crippen LogP contribution in [0.2, 0.25) is 0 Å². The number of nitrogens with zero attached hydrogens (tertiary/aromatic N) is 3. The van der Waals surface area contributed by atoms with Crippen molar-refractivity contribution >= 4 is 22.7 Å². The van der Waals surface area contributed by atoms with Gasteiger partial charge in [-0.25, -0.2) is 4.39 Å². The fourth-order valence-corrected chi connectivity index (χ4v) is 3.72. The van der Waals surface area contributed by atoms with Crippen molar-refractivity contribution in [3.8, 4) is 0 Å². The highest BCUT2D eigenvalue weighted by Crippen LogP contribution is 2.19. The van der Waals surface area contributed by atoms with Crippen LogP contribution in [-0.2, 0) is 16.1 Å². The van der Waals surface area contributed by atoms with Gasteiger partial charge in [-0.1, -0.05) is 0 Å². The van der Waals surface area contributed by atoms with E-state index in [-0.39, 0.29) is 23.8 Å². The molecule has 1 atom stereocenters. The molecule has 2 fully saturated rings. The Morgan fingerprint density at radius 3 is 2.81 bits per heavy atom. The van der Waals surface area contributed by atoms with Gasteiger partial charge in [0.25, 0.3) is 0 Å². The first kappa shape index (κ1) is 16.7. The van der Waals surface area contributed by atoms with Crippen LogP contribution in [0.5, 0.6) is 0 Å². The number of hydrogen-bond donors (Lipinski definition) is 1. The molecule has 0 radical (unpaired) electrons. The van der Waals surface area contributed by atoms with Gasteiger partial charge >= 0.3 is 0 Å². The molecule has 26 heavy (non-hydrogen) atoms. The molecule has 2 aliphatic rings. The van der Waals surface area contributed by atoms with Crippen molar-refractivity contribution in [2.45, 2.75) is 12.6 Å². The van der Waals surface area contributed by atoms with Crippen LogP contribution in [-0.4, -0.2) is 70.8 Å². The van der Waals surface area contributed by atoms with Crippen molar-refractivity contribution in [2.75, 3.05) is 33.2 Å². The summed E-state index contributed by atoms with van der Waals surface area (Å²) in [6.45, 7) is 2.13. The maximum absolute atomic E-state index is 13.3. The number of hydrogen-bond acceptors (Lipinski definition) is 4. The fraction of sp³-hybridized carbons (Fsp3) is 0.389. The monoisotopic (exact) mass is 358 g/mol. The molecule has 2 amide bonds. The lowest BCUT2D eigenvalue weighted by Crippen LogP contribution is -2.65. The molecule has 0 aliphatic carbocycles. The Morgan fingerprint density at radius 2 is 2.00 bits per heavy atom. The Hall–Kier alpha value is -2.74. The molecule has 1 aromatic heterocycles. The van der Waals surface area contributed by atoms with E-state index in [0.717, 1.165) is 0 Å². The van der Waals surface area contributed by atoms with Crippen molar-refractivity contribution in [1.29, 1.82) is 0 Å². The summed E-state index contributed by atoms with van der Waals surface area (Å²) in [6, 6.07) is 5.07. The van der Waals surface area contributed by atoms with Crippen molar-refractivity contribution in [1.82, 2.24) is 19.7 Å². The zero-order chi connectivity index (χ0) is 18.4. The molecule has 1 aromatic carbocycles. The molecule has 1 unspecified atom stereocenters. The van der Waals surface area contributed by atoms with Gasteiger partial charge in [0, 0.05) is 55.9 Å². The van der Waals surface area contributed by atoms with Gasteiger partial charge in [-0.15, -0.1) is 0 Å². The van der Waals surface area contributed by atoms with Gasteiger partial charge in [0.1, 0.15) is 11.9 Å². The number of fused-ring (bicyclic) bond motifs is 2. The van der Waals surface area contributed by atoms with E-state index in [2.05, 4.69) is 4.98 Å². The Kier molecular flexibility index (Phi) is 3.99. The quantitative estimate of drug-likeness (QED) is 0.829. The molecule has 0 bridgehead atoms. The third-order valence-corrected chi connectivity index (χ3v) is 5.06. The number of benzene rings is 1. The molecular formula is C18H19FN4O3. The van der Waals surface area contributed by atoms with E-state index in [1.54, 1.807) is 18.0 Å². The van der Waals surface area contributed by atoms with Crippen LogP contribution in [0.1, 0.15) is 5.69 Å². The van der Waals surface area contributed by atoms with Crippen LogP contribution >= 0.6 is 0 Å². The van der Waals surface area contributed by atoms with Gasteiger partial charge in [0.2, 0.25) is 11.8 Å². The summed E-state index contributed by atoms with van der Waals surface area (Å²) in [5, 5.41) is 0.313. The molecule has 4 rings (SSSR count). The number of piperazine rings is 2. The van der Waals surface area contributed by atoms with Crippen LogP contribution in [0.3, 0.4) is 0 Å². The van der Waals surface area contributed by atoms with Gasteiger partial charge in [-0.2, -0.15) is 0 Å². The highest BCUT2D eigenvalue weighted by atomic mass is 19.1. The first-order chi connectivity index (χ1) is 12.4. The van der Waals surface area contributed by atoms with Gasteiger partial charge in [0.15, 0.2) is 5.43 Å². The summed E-state index contributed by atoms with van der Waals surface area (Å²) >= 11 is 0. The number of aromatic amines is 1. The number of amides is 2. The van der Waals surface area contributed by atoms with Crippen LogP contribution in [0.25, 0.3) is 10.9 Å². The SMILES string of the molecule is CN1CC(=O)N2CCN(Cc3cc(=O)c4cc(F)ccc4[nH]3)CC2C1=O. The van der Waals surface area contributed by atoms with Crippen LogP contribution in [0.4, 0.5) is 4.39 Å². The predicted octanol–water partition coefficient (Wildman–Crippen LogP) is 0.152. The Balaban J connectivity index is 1.56. The molecule has 3 heterocycles. The summed E-state index contributed by atoms with van der Waals surface area (Å²) in [5.74, 6) is -0.536. The lowest BCUT2D eigenvalue weighted by Gasteiger charge is -2.45. The molecule has 1 N–H and O–H groups in total. The van der Waals surface area contributed by atoms with E-state index in [1.165, 1.54) is 23.1 Å². The van der Waals surface area contributed by atoms with Crippen LogP contribution < -0.4 is 5.43 Å². The van der Waals surface area contributed by atoms with Gasteiger partial charge < -0.3 is 14.8 Å². The second-order valence-corrected chi connectivity index (χ2v) is 6.88. The van der Waals surface area contributed by atoms with E-state index in [1.807, 2.05) is 4.90 Å². The summed E-state index contributed by atoms with van der Waals surface area (Å²) < 4.78 is 13.3. The summed E-state index contributed by atoms with van der Waals surface area (Å²) in [6.07, 6.45) is 0. The molecule has 136 valence electrons. The minimum Gasteiger partial charge on any atom is -0.357 e. The number of aromatic nitrogens is 1. The predicted molar refractivity (Wildman–Crippen MR) is 92.9 cm³/mol. The molecule has 2 aromatic rings. The third kappa shape index (κ3) is 2.86. The number of nitrogens with one attached hydrogen (secondary N) is 1. The number of carbonyl (C=O) groups excluding carboxylic acids is 2. The number of rotatable bonds is 2. The topological polar surface area (TPSA) is 76.7 Å². The highest BCUT2D eigenvalue weighted by molar-refractivity contribution is 5.95. The van der Waals surface area contributed by atoms with Crippen molar-refractivity contribution in [3.05, 3.63) is 46.0 Å². The Labute approximate surface area is 149 Å². The minimum atomic E-state index is -0.476. The van der Waals surface area contributed by atoms with Crippen molar-refractivity contribution < 1.29 is 14.0 Å². The third-order valence-electron chi connectivity index (χ3n) is 5.06. The second kappa shape index (κ2) is 6.21. The number of halogens is 1. The largest absolute Gasteiger partial charge is 0.357 e. The second-order valence-electron chi connectivity index (χ2n) is 6.88. The van der Waals surface area contributed by atoms with E-state index in [0.29, 0.717) is 42.8 Å². The van der Waals surface area contributed by atoms with E-state index >= 15 is 0 Å². The van der Waals surface area contributed by atoms with Gasteiger partial charge in [0.05, 0.1) is 6.54 Å². The van der Waals surface area contributed by atoms with Crippen LogP contribution in [0.15, 0.2) is 29.1 Å². The summed E-state index contributed by atoms with van der Waals surface area (Å²) in [7, 11) is 1.64. The Morgan fingerprint density at radius 1 is 1.19 bits per heavy atom.